The van der Waals surface area contributed by atoms with Crippen LogP contribution in [0.5, 0.6) is 0 Å². The molecule has 0 aromatic carbocycles. The lowest BCUT2D eigenvalue weighted by Gasteiger charge is -2.16. The summed E-state index contributed by atoms with van der Waals surface area (Å²) in [6.45, 7) is 6.96. The summed E-state index contributed by atoms with van der Waals surface area (Å²) in [6.07, 6.45) is 0.498. The second-order valence-electron chi connectivity index (χ2n) is 2.35. The zero-order valence-corrected chi connectivity index (χ0v) is 8.82. The highest BCUT2D eigenvalue weighted by Crippen LogP contribution is 1.91. The molecule has 0 aromatic rings. The van der Waals surface area contributed by atoms with Crippen molar-refractivity contribution in [3.8, 4) is 0 Å². The summed E-state index contributed by atoms with van der Waals surface area (Å²) < 4.78 is 4.52. The van der Waals surface area contributed by atoms with Crippen LogP contribution >= 0.6 is 12.4 Å². The molecule has 0 aromatic heterocycles. The molecular formula is C8H18ClNO2. The average molecular weight is 196 g/mol. The molecule has 0 rings (SSSR count). The van der Waals surface area contributed by atoms with E-state index in [4.69, 9.17) is 0 Å². The predicted molar refractivity (Wildman–Crippen MR) is 51.7 cm³/mol. The van der Waals surface area contributed by atoms with Gasteiger partial charge in [-0.1, -0.05) is 13.8 Å². The van der Waals surface area contributed by atoms with Crippen molar-refractivity contribution in [3.63, 3.8) is 0 Å². The molecule has 0 aliphatic heterocycles. The summed E-state index contributed by atoms with van der Waals surface area (Å²) >= 11 is 0. The molecule has 0 aliphatic carbocycles. The molecule has 0 N–H and O–H groups in total. The van der Waals surface area contributed by atoms with Gasteiger partial charge in [0.25, 0.3) is 0 Å². The first kappa shape index (κ1) is 14.3. The maximum absolute atomic E-state index is 10.7. The normalized spacial score (nSPS) is 9.33. The maximum atomic E-state index is 10.7. The molecule has 12 heavy (non-hydrogen) atoms. The number of hydrogen-bond donors (Lipinski definition) is 0. The number of rotatable bonds is 5. The summed E-state index contributed by atoms with van der Waals surface area (Å²) in [6, 6.07) is 0. The van der Waals surface area contributed by atoms with Crippen molar-refractivity contribution in [1.82, 2.24) is 4.90 Å². The first-order chi connectivity index (χ1) is 5.24. The monoisotopic (exact) mass is 195 g/mol. The minimum Gasteiger partial charge on any atom is -0.469 e. The molecule has 0 saturated carbocycles. The third-order valence-electron chi connectivity index (χ3n) is 1.75. The summed E-state index contributed by atoms with van der Waals surface area (Å²) in [5.74, 6) is -0.128. The minimum absolute atomic E-state index is 0. The molecule has 0 fully saturated rings. The summed E-state index contributed by atoms with van der Waals surface area (Å²) in [5, 5.41) is 0. The van der Waals surface area contributed by atoms with Gasteiger partial charge in [0.1, 0.15) is 0 Å². The van der Waals surface area contributed by atoms with E-state index >= 15 is 0 Å². The minimum atomic E-state index is -0.128. The molecule has 0 atom stereocenters. The highest BCUT2D eigenvalue weighted by Gasteiger charge is 2.03. The van der Waals surface area contributed by atoms with Gasteiger partial charge in [-0.05, 0) is 13.1 Å². The second-order valence-corrected chi connectivity index (χ2v) is 2.35. The van der Waals surface area contributed by atoms with Gasteiger partial charge in [0.15, 0.2) is 0 Å². The highest BCUT2D eigenvalue weighted by atomic mass is 35.5. The lowest BCUT2D eigenvalue weighted by Crippen LogP contribution is -2.25. The van der Waals surface area contributed by atoms with Gasteiger partial charge in [-0.25, -0.2) is 0 Å². The van der Waals surface area contributed by atoms with Crippen molar-refractivity contribution < 1.29 is 9.53 Å². The lowest BCUT2D eigenvalue weighted by molar-refractivity contribution is -0.140. The van der Waals surface area contributed by atoms with Gasteiger partial charge >= 0.3 is 5.97 Å². The molecule has 0 amide bonds. The Hall–Kier alpha value is -0.280. The maximum Gasteiger partial charge on any atom is 0.306 e. The quantitative estimate of drug-likeness (QED) is 0.620. The van der Waals surface area contributed by atoms with E-state index in [0.29, 0.717) is 6.42 Å². The molecule has 0 unspecified atom stereocenters. The molecule has 0 aliphatic rings. The smallest absolute Gasteiger partial charge is 0.306 e. The van der Waals surface area contributed by atoms with Gasteiger partial charge in [0, 0.05) is 6.54 Å². The fraction of sp³-hybridized carbons (Fsp3) is 0.875. The van der Waals surface area contributed by atoms with Crippen molar-refractivity contribution >= 4 is 18.4 Å². The van der Waals surface area contributed by atoms with Crippen LogP contribution in [0.2, 0.25) is 0 Å². The van der Waals surface area contributed by atoms with Crippen molar-refractivity contribution in [3.05, 3.63) is 0 Å². The zero-order chi connectivity index (χ0) is 8.69. The Morgan fingerprint density at radius 1 is 1.33 bits per heavy atom. The summed E-state index contributed by atoms with van der Waals surface area (Å²) in [7, 11) is 1.42. The van der Waals surface area contributed by atoms with Crippen LogP contribution in [0, 0.1) is 0 Å². The van der Waals surface area contributed by atoms with E-state index in [9.17, 15) is 4.79 Å². The number of hydrogen-bond acceptors (Lipinski definition) is 3. The molecule has 0 radical (unpaired) electrons. The largest absolute Gasteiger partial charge is 0.469 e. The van der Waals surface area contributed by atoms with Gasteiger partial charge in [-0.2, -0.15) is 0 Å². The number of halogens is 1. The van der Waals surface area contributed by atoms with Gasteiger partial charge < -0.3 is 9.64 Å². The third kappa shape index (κ3) is 6.43. The Morgan fingerprint density at radius 2 is 1.83 bits per heavy atom. The summed E-state index contributed by atoms with van der Waals surface area (Å²) in [4.78, 5) is 12.9. The van der Waals surface area contributed by atoms with Crippen molar-refractivity contribution in [2.75, 3.05) is 26.7 Å². The van der Waals surface area contributed by atoms with Crippen LogP contribution in [0.4, 0.5) is 0 Å². The van der Waals surface area contributed by atoms with Crippen LogP contribution < -0.4 is 0 Å². The lowest BCUT2D eigenvalue weighted by atomic mass is 10.4. The first-order valence-corrected chi connectivity index (χ1v) is 4.03. The fourth-order valence-electron chi connectivity index (χ4n) is 0.891. The molecular weight excluding hydrogens is 178 g/mol. The van der Waals surface area contributed by atoms with E-state index in [1.807, 2.05) is 0 Å². The Bertz CT molecular complexity index is 116. The Kier molecular flexibility index (Phi) is 10.5. The van der Waals surface area contributed by atoms with Gasteiger partial charge in [0.05, 0.1) is 13.5 Å². The zero-order valence-electron chi connectivity index (χ0n) is 8.00. The number of methoxy groups -OCH3 is 1. The van der Waals surface area contributed by atoms with E-state index in [2.05, 4.69) is 23.5 Å². The second kappa shape index (κ2) is 8.81. The molecule has 0 bridgehead atoms. The van der Waals surface area contributed by atoms with Crippen molar-refractivity contribution in [2.45, 2.75) is 20.3 Å². The molecule has 4 heteroatoms. The standard InChI is InChI=1S/C8H17NO2.ClH/c1-4-9(5-2)7-6-8(10)11-3;/h4-7H2,1-3H3;1H. The Balaban J connectivity index is 0. The van der Waals surface area contributed by atoms with E-state index < -0.39 is 0 Å². The van der Waals surface area contributed by atoms with Crippen molar-refractivity contribution in [1.29, 1.82) is 0 Å². The van der Waals surface area contributed by atoms with Gasteiger partial charge in [-0.15, -0.1) is 12.4 Å². The molecule has 3 nitrogen and oxygen atoms in total. The van der Waals surface area contributed by atoms with Crippen LogP contribution in [0.15, 0.2) is 0 Å². The Labute approximate surface area is 80.5 Å². The van der Waals surface area contributed by atoms with Crippen LogP contribution in [-0.2, 0) is 9.53 Å². The predicted octanol–water partition coefficient (Wildman–Crippen LogP) is 1.31. The Morgan fingerprint density at radius 3 is 2.17 bits per heavy atom. The topological polar surface area (TPSA) is 29.5 Å². The van der Waals surface area contributed by atoms with Crippen LogP contribution in [0.25, 0.3) is 0 Å². The molecule has 0 heterocycles. The number of ether oxygens (including phenoxy) is 1. The SMILES string of the molecule is CCN(CC)CCC(=O)OC.Cl. The first-order valence-electron chi connectivity index (χ1n) is 4.03. The van der Waals surface area contributed by atoms with Crippen LogP contribution in [-0.4, -0.2) is 37.6 Å². The van der Waals surface area contributed by atoms with E-state index in [1.54, 1.807) is 0 Å². The highest BCUT2D eigenvalue weighted by molar-refractivity contribution is 5.85. The van der Waals surface area contributed by atoms with Crippen molar-refractivity contribution in [2.24, 2.45) is 0 Å². The molecule has 0 spiro atoms. The number of nitrogens with zero attached hydrogens (tertiary/aromatic N) is 1. The van der Waals surface area contributed by atoms with E-state index in [-0.39, 0.29) is 18.4 Å². The molecule has 74 valence electrons. The third-order valence-corrected chi connectivity index (χ3v) is 1.75. The summed E-state index contributed by atoms with van der Waals surface area (Å²) in [5.41, 5.74) is 0. The van der Waals surface area contributed by atoms with Gasteiger partial charge in [0.2, 0.25) is 0 Å². The number of carbonyl (C=O) groups excluding carboxylic acids is 1. The van der Waals surface area contributed by atoms with E-state index in [1.165, 1.54) is 7.11 Å². The fourth-order valence-corrected chi connectivity index (χ4v) is 0.891. The van der Waals surface area contributed by atoms with E-state index in [0.717, 1.165) is 19.6 Å². The van der Waals surface area contributed by atoms with Gasteiger partial charge in [-0.3, -0.25) is 4.79 Å². The number of carbonyl (C=O) groups is 1. The molecule has 0 saturated heterocycles. The van der Waals surface area contributed by atoms with Crippen LogP contribution in [0.3, 0.4) is 0 Å². The number of esters is 1. The average Bonchev–Trinajstić information content (AvgIpc) is 2.06. The van der Waals surface area contributed by atoms with Crippen LogP contribution in [0.1, 0.15) is 20.3 Å².